The molecule has 0 bridgehead atoms. The van der Waals surface area contributed by atoms with E-state index in [-0.39, 0.29) is 11.3 Å². The third kappa shape index (κ3) is 1.72. The van der Waals surface area contributed by atoms with E-state index in [1.807, 2.05) is 0 Å². The number of nitroso groups, excluding NO2 is 1. The Morgan fingerprint density at radius 1 is 1.46 bits per heavy atom. The molecule has 0 radical (unpaired) electrons. The number of benzene rings is 1. The van der Waals surface area contributed by atoms with Crippen LogP contribution in [0.5, 0.6) is 0 Å². The zero-order valence-corrected chi connectivity index (χ0v) is 7.44. The molecule has 4 nitrogen and oxygen atoms in total. The minimum Gasteiger partial charge on any atom is -0.477 e. The van der Waals surface area contributed by atoms with Crippen molar-refractivity contribution in [1.82, 2.24) is 0 Å². The number of aryl methyl sites for hydroxylation is 1. The smallest absolute Gasteiger partial charge is 0.342 e. The Balaban J connectivity index is 3.43. The Hall–Kier alpha value is -1.71. The van der Waals surface area contributed by atoms with Crippen molar-refractivity contribution in [3.05, 3.63) is 34.2 Å². The van der Waals surface area contributed by atoms with Gasteiger partial charge in [0, 0.05) is 15.2 Å². The molecule has 1 rings (SSSR count). The number of hydrogen-bond donors (Lipinski definition) is 1. The van der Waals surface area contributed by atoms with E-state index in [1.54, 1.807) is 19.1 Å². The van der Waals surface area contributed by atoms with Crippen molar-refractivity contribution in [1.29, 1.82) is 0 Å². The predicted octanol–water partition coefficient (Wildman–Crippen LogP) is 1.73. The summed E-state index contributed by atoms with van der Waals surface area (Å²) in [5.41, 5.74) is 0.921. The standard InChI is InChI=1S/C9H9NO3/c1-6-4-3-5-7(9(11)12)8(6)10(2)13/h3-5H,1-2H3/p+1. The van der Waals surface area contributed by atoms with Gasteiger partial charge in [-0.25, -0.2) is 4.79 Å². The molecule has 4 heteroatoms. The van der Waals surface area contributed by atoms with Crippen LogP contribution >= 0.6 is 0 Å². The number of para-hydroxylation sites is 1. The van der Waals surface area contributed by atoms with Crippen LogP contribution in [0.1, 0.15) is 15.9 Å². The summed E-state index contributed by atoms with van der Waals surface area (Å²) in [5, 5.41) is 8.77. The lowest BCUT2D eigenvalue weighted by Gasteiger charge is -1.98. The van der Waals surface area contributed by atoms with Crippen molar-refractivity contribution in [3.8, 4) is 0 Å². The average molecular weight is 180 g/mol. The number of rotatable bonds is 2. The minimum atomic E-state index is -1.08. The zero-order valence-electron chi connectivity index (χ0n) is 7.44. The van der Waals surface area contributed by atoms with Gasteiger partial charge in [0.25, 0.3) is 5.69 Å². The van der Waals surface area contributed by atoms with Gasteiger partial charge in [0.1, 0.15) is 5.56 Å². The van der Waals surface area contributed by atoms with Gasteiger partial charge in [0.2, 0.25) is 0 Å². The molecule has 1 aromatic carbocycles. The molecule has 0 aromatic heterocycles. The maximum atomic E-state index is 11.0. The van der Waals surface area contributed by atoms with Crippen LogP contribution in [0.2, 0.25) is 0 Å². The fourth-order valence-corrected chi connectivity index (χ4v) is 1.25. The van der Waals surface area contributed by atoms with Crippen LogP contribution in [0.25, 0.3) is 0 Å². The molecule has 0 aliphatic heterocycles. The van der Waals surface area contributed by atoms with Crippen LogP contribution in [0.4, 0.5) is 5.69 Å². The number of carbonyl (C=O) groups is 1. The molecular formula is C9H10NO3+. The first-order valence-electron chi connectivity index (χ1n) is 3.78. The number of nitrogens with zero attached hydrogens (tertiary/aromatic N) is 1. The van der Waals surface area contributed by atoms with Gasteiger partial charge in [-0.3, -0.25) is 0 Å². The van der Waals surface area contributed by atoms with E-state index in [2.05, 4.69) is 0 Å². The van der Waals surface area contributed by atoms with E-state index in [4.69, 9.17) is 5.11 Å². The van der Waals surface area contributed by atoms with Gasteiger partial charge >= 0.3 is 5.97 Å². The van der Waals surface area contributed by atoms with E-state index >= 15 is 0 Å². The second-order valence-electron chi connectivity index (χ2n) is 2.77. The second kappa shape index (κ2) is 3.35. The highest BCUT2D eigenvalue weighted by molar-refractivity contribution is 5.92. The highest BCUT2D eigenvalue weighted by atomic mass is 16.4. The minimum absolute atomic E-state index is 0.0394. The maximum Gasteiger partial charge on any atom is 0.342 e. The SMILES string of the molecule is Cc1cccc(C(=O)O)c1[N+](C)=O. The fourth-order valence-electron chi connectivity index (χ4n) is 1.25. The first-order chi connectivity index (χ1) is 6.04. The lowest BCUT2D eigenvalue weighted by atomic mass is 10.1. The molecule has 0 atom stereocenters. The van der Waals surface area contributed by atoms with E-state index in [0.717, 1.165) is 0 Å². The molecule has 0 fully saturated rings. The molecule has 0 spiro atoms. The number of carboxylic acids is 1. The van der Waals surface area contributed by atoms with Crippen molar-refractivity contribution in [2.45, 2.75) is 6.92 Å². The molecule has 0 aliphatic rings. The van der Waals surface area contributed by atoms with Crippen molar-refractivity contribution < 1.29 is 14.7 Å². The van der Waals surface area contributed by atoms with Crippen molar-refractivity contribution in [2.24, 2.45) is 0 Å². The normalized spacial score (nSPS) is 9.69. The second-order valence-corrected chi connectivity index (χ2v) is 2.77. The van der Waals surface area contributed by atoms with Crippen LogP contribution in [0, 0.1) is 11.8 Å². The first-order valence-corrected chi connectivity index (χ1v) is 3.78. The maximum absolute atomic E-state index is 11.0. The molecule has 13 heavy (non-hydrogen) atoms. The van der Waals surface area contributed by atoms with Gasteiger partial charge in [-0.05, 0) is 13.0 Å². The van der Waals surface area contributed by atoms with Gasteiger partial charge in [-0.2, -0.15) is 0 Å². The van der Waals surface area contributed by atoms with Gasteiger partial charge in [0.15, 0.2) is 7.05 Å². The Labute approximate surface area is 75.4 Å². The predicted molar refractivity (Wildman–Crippen MR) is 47.3 cm³/mol. The van der Waals surface area contributed by atoms with Crippen molar-refractivity contribution in [3.63, 3.8) is 0 Å². The Kier molecular flexibility index (Phi) is 2.41. The molecule has 0 amide bonds. The van der Waals surface area contributed by atoms with Crippen LogP contribution < -0.4 is 0 Å². The molecule has 0 saturated carbocycles. The van der Waals surface area contributed by atoms with Crippen LogP contribution in [-0.4, -0.2) is 22.9 Å². The molecule has 1 aromatic rings. The lowest BCUT2D eigenvalue weighted by molar-refractivity contribution is -0.429. The van der Waals surface area contributed by atoms with Crippen LogP contribution in [-0.2, 0) is 0 Å². The quantitative estimate of drug-likeness (QED) is 0.705. The summed E-state index contributed by atoms with van der Waals surface area (Å²) in [7, 11) is 1.29. The molecule has 0 saturated heterocycles. The van der Waals surface area contributed by atoms with Crippen LogP contribution in [0.3, 0.4) is 0 Å². The topological polar surface area (TPSA) is 57.4 Å². The zero-order chi connectivity index (χ0) is 10.0. The summed E-state index contributed by atoms with van der Waals surface area (Å²) in [5.74, 6) is -1.08. The summed E-state index contributed by atoms with van der Waals surface area (Å²) >= 11 is 0. The van der Waals surface area contributed by atoms with Crippen molar-refractivity contribution >= 4 is 11.7 Å². The molecule has 1 N–H and O–H groups in total. The van der Waals surface area contributed by atoms with E-state index in [0.29, 0.717) is 10.3 Å². The van der Waals surface area contributed by atoms with Gasteiger partial charge < -0.3 is 5.11 Å². The third-order valence-electron chi connectivity index (χ3n) is 1.78. The molecular weight excluding hydrogens is 170 g/mol. The first kappa shape index (κ1) is 9.38. The molecule has 68 valence electrons. The average Bonchev–Trinajstić information content (AvgIpc) is 2.02. The lowest BCUT2D eigenvalue weighted by Crippen LogP contribution is -2.04. The fraction of sp³-hybridized carbons (Fsp3) is 0.222. The summed E-state index contributed by atoms with van der Waals surface area (Å²) < 4.78 is 0.568. The molecule has 0 unspecified atom stereocenters. The Bertz CT molecular complexity index is 371. The summed E-state index contributed by atoms with van der Waals surface area (Å²) in [6.07, 6.45) is 0. The number of aromatic carboxylic acids is 1. The summed E-state index contributed by atoms with van der Waals surface area (Å²) in [6.45, 7) is 1.70. The van der Waals surface area contributed by atoms with Gasteiger partial charge in [0.05, 0.1) is 0 Å². The number of carboxylic acid groups (broad SMARTS) is 1. The highest BCUT2D eigenvalue weighted by Crippen LogP contribution is 2.22. The van der Waals surface area contributed by atoms with Gasteiger partial charge in [-0.1, -0.05) is 12.1 Å². The van der Waals surface area contributed by atoms with Crippen LogP contribution in [0.15, 0.2) is 18.2 Å². The summed E-state index contributed by atoms with van der Waals surface area (Å²) in [4.78, 5) is 21.8. The van der Waals surface area contributed by atoms with E-state index in [1.165, 1.54) is 13.1 Å². The molecule has 0 aliphatic carbocycles. The Morgan fingerprint density at radius 3 is 2.46 bits per heavy atom. The molecule has 0 heterocycles. The highest BCUT2D eigenvalue weighted by Gasteiger charge is 2.21. The van der Waals surface area contributed by atoms with E-state index < -0.39 is 5.97 Å². The summed E-state index contributed by atoms with van der Waals surface area (Å²) in [6, 6.07) is 4.74. The Morgan fingerprint density at radius 2 is 2.08 bits per heavy atom. The third-order valence-corrected chi connectivity index (χ3v) is 1.78. The monoisotopic (exact) mass is 180 g/mol. The number of hydrogen-bond acceptors (Lipinski definition) is 2. The van der Waals surface area contributed by atoms with E-state index in [9.17, 15) is 9.70 Å². The van der Waals surface area contributed by atoms with Crippen molar-refractivity contribution in [2.75, 3.05) is 7.05 Å². The van der Waals surface area contributed by atoms with Gasteiger partial charge in [-0.15, -0.1) is 0 Å². The largest absolute Gasteiger partial charge is 0.477 e.